The second-order valence-electron chi connectivity index (χ2n) is 7.69. The second kappa shape index (κ2) is 7.83. The summed E-state index contributed by atoms with van der Waals surface area (Å²) >= 11 is 0. The Hall–Kier alpha value is -2.93. The van der Waals surface area contributed by atoms with Gasteiger partial charge in [-0.3, -0.25) is 10.3 Å². The summed E-state index contributed by atoms with van der Waals surface area (Å²) in [6.07, 6.45) is 0. The molecule has 2 unspecified atom stereocenters. The van der Waals surface area contributed by atoms with E-state index < -0.39 is 0 Å². The molecule has 1 aliphatic rings. The molecule has 2 aromatic carbocycles. The molecule has 2 aromatic heterocycles. The molecule has 5 rings (SSSR count). The number of benzene rings is 2. The molecule has 1 aliphatic heterocycles. The minimum atomic E-state index is 0.138. The normalized spacial score (nSPS) is 19.4. The Labute approximate surface area is 169 Å². The van der Waals surface area contributed by atoms with Crippen LogP contribution in [-0.2, 0) is 6.54 Å². The summed E-state index contributed by atoms with van der Waals surface area (Å²) in [4.78, 5) is 2.27. The van der Waals surface area contributed by atoms with E-state index in [9.17, 15) is 0 Å². The number of aromatic nitrogens is 1. The van der Waals surface area contributed by atoms with Crippen LogP contribution in [0.3, 0.4) is 0 Å². The first-order valence-corrected chi connectivity index (χ1v) is 9.93. The van der Waals surface area contributed by atoms with Gasteiger partial charge in [-0.15, -0.1) is 0 Å². The van der Waals surface area contributed by atoms with Gasteiger partial charge in [-0.1, -0.05) is 53.7 Å². The lowest BCUT2D eigenvalue weighted by molar-refractivity contribution is 0.227. The van der Waals surface area contributed by atoms with Crippen LogP contribution in [-0.4, -0.2) is 30.2 Å². The molecule has 2 N–H and O–H groups in total. The molecule has 1 fully saturated rings. The highest BCUT2D eigenvalue weighted by atomic mass is 16.5. The van der Waals surface area contributed by atoms with E-state index in [0.717, 1.165) is 46.8 Å². The fraction of sp³-hybridized carbons (Fsp3) is 0.261. The predicted octanol–water partition coefficient (Wildman–Crippen LogP) is 3.98. The van der Waals surface area contributed by atoms with E-state index in [1.165, 1.54) is 0 Å². The van der Waals surface area contributed by atoms with Gasteiger partial charge in [-0.25, -0.2) is 5.43 Å². The first-order chi connectivity index (χ1) is 14.3. The van der Waals surface area contributed by atoms with Gasteiger partial charge in [-0.05, 0) is 19.2 Å². The Morgan fingerprint density at radius 3 is 2.76 bits per heavy atom. The molecule has 0 radical (unpaired) electrons. The lowest BCUT2D eigenvalue weighted by atomic mass is 9.99. The highest BCUT2D eigenvalue weighted by Crippen LogP contribution is 2.30. The number of hydrazine groups is 1. The zero-order valence-corrected chi connectivity index (χ0v) is 16.3. The summed E-state index contributed by atoms with van der Waals surface area (Å²) in [5.74, 6) is 2.23. The lowest BCUT2D eigenvalue weighted by Gasteiger charge is -2.22. The molecule has 0 bridgehead atoms. The maximum absolute atomic E-state index is 6.08. The molecule has 1 saturated heterocycles. The smallest absolute Gasteiger partial charge is 0.151 e. The lowest BCUT2D eigenvalue weighted by Crippen LogP contribution is -2.29. The zero-order valence-electron chi connectivity index (χ0n) is 16.3. The number of hydrogen-bond acceptors (Lipinski definition) is 6. The van der Waals surface area contributed by atoms with Crippen LogP contribution in [0.4, 0.5) is 0 Å². The monoisotopic (exact) mass is 388 g/mol. The predicted molar refractivity (Wildman–Crippen MR) is 112 cm³/mol. The number of hydrogen-bond donors (Lipinski definition) is 2. The molecule has 148 valence electrons. The Balaban J connectivity index is 1.25. The van der Waals surface area contributed by atoms with Crippen molar-refractivity contribution in [2.75, 3.05) is 20.1 Å². The van der Waals surface area contributed by atoms with E-state index in [4.69, 9.17) is 8.94 Å². The first kappa shape index (κ1) is 18.1. The molecule has 0 saturated carbocycles. The number of furan rings is 1. The number of rotatable bonds is 6. The molecule has 3 heterocycles. The molecule has 4 aromatic rings. The van der Waals surface area contributed by atoms with Crippen molar-refractivity contribution in [3.05, 3.63) is 78.3 Å². The molecule has 6 heteroatoms. The van der Waals surface area contributed by atoms with Crippen LogP contribution < -0.4 is 10.9 Å². The van der Waals surface area contributed by atoms with Crippen LogP contribution in [0.15, 0.2) is 75.7 Å². The second-order valence-corrected chi connectivity index (χ2v) is 7.69. The Kier molecular flexibility index (Phi) is 4.89. The van der Waals surface area contributed by atoms with Gasteiger partial charge in [0.2, 0.25) is 0 Å². The van der Waals surface area contributed by atoms with Gasteiger partial charge in [0.1, 0.15) is 17.0 Å². The van der Waals surface area contributed by atoms with Crippen LogP contribution >= 0.6 is 0 Å². The van der Waals surface area contributed by atoms with Crippen molar-refractivity contribution >= 4 is 11.0 Å². The van der Waals surface area contributed by atoms with E-state index in [1.807, 2.05) is 54.6 Å². The number of para-hydroxylation sites is 1. The van der Waals surface area contributed by atoms with Gasteiger partial charge in [0.15, 0.2) is 5.76 Å². The van der Waals surface area contributed by atoms with Gasteiger partial charge in [0.05, 0.1) is 12.6 Å². The Morgan fingerprint density at radius 2 is 1.90 bits per heavy atom. The first-order valence-electron chi connectivity index (χ1n) is 9.93. The van der Waals surface area contributed by atoms with Gasteiger partial charge in [0.25, 0.3) is 0 Å². The largest absolute Gasteiger partial charge is 0.459 e. The average Bonchev–Trinajstić information content (AvgIpc) is 3.47. The van der Waals surface area contributed by atoms with E-state index >= 15 is 0 Å². The van der Waals surface area contributed by atoms with Gasteiger partial charge in [0, 0.05) is 36.0 Å². The highest BCUT2D eigenvalue weighted by Gasteiger charge is 2.31. The minimum Gasteiger partial charge on any atom is -0.459 e. The van der Waals surface area contributed by atoms with Crippen LogP contribution in [0.25, 0.3) is 22.2 Å². The summed E-state index contributed by atoms with van der Waals surface area (Å²) in [5, 5.41) is 5.35. The molecule has 0 aliphatic carbocycles. The van der Waals surface area contributed by atoms with Crippen molar-refractivity contribution in [2.24, 2.45) is 5.92 Å². The fourth-order valence-corrected chi connectivity index (χ4v) is 4.03. The standard InChI is InChI=1S/C23H24N4O2/c1-27(15-19-12-20(26-29-19)16-7-3-2-4-8-16)14-18-13-24-25-23(18)22-11-17-9-5-6-10-21(17)28-22/h2-12,18,23-25H,13-15H2,1H3. The van der Waals surface area contributed by atoms with E-state index in [2.05, 4.69) is 40.1 Å². The maximum atomic E-state index is 6.08. The fourth-order valence-electron chi connectivity index (χ4n) is 4.03. The number of nitrogens with zero attached hydrogens (tertiary/aromatic N) is 2. The van der Waals surface area contributed by atoms with Crippen molar-refractivity contribution < 1.29 is 8.94 Å². The summed E-state index contributed by atoms with van der Waals surface area (Å²) in [5.41, 5.74) is 9.53. The van der Waals surface area contributed by atoms with Crippen LogP contribution in [0, 0.1) is 5.92 Å². The summed E-state index contributed by atoms with van der Waals surface area (Å²) in [7, 11) is 2.11. The van der Waals surface area contributed by atoms with Crippen LogP contribution in [0.5, 0.6) is 0 Å². The van der Waals surface area contributed by atoms with E-state index in [-0.39, 0.29) is 6.04 Å². The van der Waals surface area contributed by atoms with Crippen LogP contribution in [0.2, 0.25) is 0 Å². The maximum Gasteiger partial charge on any atom is 0.151 e. The quantitative estimate of drug-likeness (QED) is 0.521. The third-order valence-electron chi connectivity index (χ3n) is 5.44. The highest BCUT2D eigenvalue weighted by molar-refractivity contribution is 5.77. The minimum absolute atomic E-state index is 0.138. The van der Waals surface area contributed by atoms with Crippen molar-refractivity contribution in [1.82, 2.24) is 20.9 Å². The van der Waals surface area contributed by atoms with E-state index in [1.54, 1.807) is 0 Å². The molecule has 6 nitrogen and oxygen atoms in total. The summed E-state index contributed by atoms with van der Waals surface area (Å²) in [6, 6.07) is 22.5. The number of fused-ring (bicyclic) bond motifs is 1. The van der Waals surface area contributed by atoms with Gasteiger partial charge < -0.3 is 8.94 Å². The van der Waals surface area contributed by atoms with E-state index in [0.29, 0.717) is 12.5 Å². The topological polar surface area (TPSA) is 66.5 Å². The molecular weight excluding hydrogens is 364 g/mol. The molecule has 0 amide bonds. The van der Waals surface area contributed by atoms with Crippen molar-refractivity contribution in [3.8, 4) is 11.3 Å². The molecular formula is C23H24N4O2. The van der Waals surface area contributed by atoms with Gasteiger partial charge in [-0.2, -0.15) is 0 Å². The summed E-state index contributed by atoms with van der Waals surface area (Å²) in [6.45, 7) is 2.50. The molecule has 29 heavy (non-hydrogen) atoms. The Bertz CT molecular complexity index is 1060. The van der Waals surface area contributed by atoms with Crippen molar-refractivity contribution in [2.45, 2.75) is 12.6 Å². The SMILES string of the molecule is CN(Cc1cc(-c2ccccc2)no1)CC1CNNC1c1cc2ccccc2o1. The summed E-state index contributed by atoms with van der Waals surface area (Å²) < 4.78 is 11.6. The molecule has 0 spiro atoms. The zero-order chi connectivity index (χ0) is 19.6. The van der Waals surface area contributed by atoms with Crippen LogP contribution in [0.1, 0.15) is 17.6 Å². The third-order valence-corrected chi connectivity index (χ3v) is 5.44. The van der Waals surface area contributed by atoms with Crippen molar-refractivity contribution in [1.29, 1.82) is 0 Å². The number of nitrogens with one attached hydrogen (secondary N) is 2. The Morgan fingerprint density at radius 1 is 1.07 bits per heavy atom. The molecule has 2 atom stereocenters. The van der Waals surface area contributed by atoms with Gasteiger partial charge >= 0.3 is 0 Å². The van der Waals surface area contributed by atoms with Crippen molar-refractivity contribution in [3.63, 3.8) is 0 Å². The average molecular weight is 388 g/mol. The third kappa shape index (κ3) is 3.82.